The van der Waals surface area contributed by atoms with Gasteiger partial charge in [0.1, 0.15) is 18.0 Å². The molecule has 3 heteroatoms. The van der Waals surface area contributed by atoms with E-state index in [0.29, 0.717) is 0 Å². The molecule has 0 amide bonds. The third-order valence-electron chi connectivity index (χ3n) is 7.09. The zero-order valence-electron chi connectivity index (χ0n) is 19.8. The van der Waals surface area contributed by atoms with Gasteiger partial charge in [-0.05, 0) is 66.8 Å². The number of ether oxygens (including phenoxy) is 1. The van der Waals surface area contributed by atoms with E-state index in [0.717, 1.165) is 18.0 Å². The molecule has 31 heavy (non-hydrogen) atoms. The molecule has 0 aromatic heterocycles. The number of nitrogens with zero attached hydrogens (tertiary/aromatic N) is 1. The van der Waals surface area contributed by atoms with E-state index in [9.17, 15) is 0 Å². The lowest BCUT2D eigenvalue weighted by Gasteiger charge is -2.36. The first-order valence-corrected chi connectivity index (χ1v) is 13.0. The summed E-state index contributed by atoms with van der Waals surface area (Å²) in [7, 11) is -0.244. The van der Waals surface area contributed by atoms with Crippen LogP contribution in [0, 0.1) is 0 Å². The molecule has 2 aromatic carbocycles. The summed E-state index contributed by atoms with van der Waals surface area (Å²) in [4.78, 5) is 0. The third kappa shape index (κ3) is 3.14. The highest BCUT2D eigenvalue weighted by Gasteiger charge is 2.34. The first-order chi connectivity index (χ1) is 14.6. The van der Waals surface area contributed by atoms with Crippen molar-refractivity contribution in [2.24, 2.45) is 0 Å². The van der Waals surface area contributed by atoms with Crippen molar-refractivity contribution in [3.8, 4) is 11.5 Å². The molecule has 0 radical (unpaired) electrons. The minimum absolute atomic E-state index is 0.00428. The van der Waals surface area contributed by atoms with Crippen molar-refractivity contribution in [2.75, 3.05) is 12.7 Å². The molecule has 2 aromatic rings. The Morgan fingerprint density at radius 1 is 0.968 bits per heavy atom. The van der Waals surface area contributed by atoms with Crippen LogP contribution < -0.4 is 25.2 Å². The van der Waals surface area contributed by atoms with Crippen LogP contribution in [0.2, 0.25) is 0 Å². The lowest BCUT2D eigenvalue weighted by Crippen LogP contribution is -2.49. The average Bonchev–Trinajstić information content (AvgIpc) is 2.69. The highest BCUT2D eigenvalue weighted by atomic mass is 31.1. The summed E-state index contributed by atoms with van der Waals surface area (Å²) in [6, 6.07) is 9.23. The van der Waals surface area contributed by atoms with Gasteiger partial charge in [0.25, 0.3) is 0 Å². The van der Waals surface area contributed by atoms with Crippen LogP contribution in [0.3, 0.4) is 0 Å². The minimum Gasteiger partial charge on any atom is -0.456 e. The molecule has 2 nitrogen and oxygen atoms in total. The number of rotatable bonds is 2. The predicted octanol–water partition coefficient (Wildman–Crippen LogP) is 5.26. The van der Waals surface area contributed by atoms with Crippen molar-refractivity contribution < 1.29 is 4.74 Å². The topological polar surface area (TPSA) is 12.2 Å². The molecule has 3 heterocycles. The molecule has 0 N–H and O–H groups in total. The Morgan fingerprint density at radius 3 is 2.45 bits per heavy atom. The fourth-order valence-corrected chi connectivity index (χ4v) is 8.38. The van der Waals surface area contributed by atoms with Crippen molar-refractivity contribution in [3.05, 3.63) is 63.7 Å². The summed E-state index contributed by atoms with van der Waals surface area (Å²) in [6.07, 6.45) is 10.6. The lowest BCUT2D eigenvalue weighted by molar-refractivity contribution is 0.399. The summed E-state index contributed by atoms with van der Waals surface area (Å²) in [5, 5.41) is 4.17. The average molecular weight is 431 g/mol. The maximum atomic E-state index is 6.58. The molecule has 0 saturated heterocycles. The smallest absolute Gasteiger partial charge is 0.211 e. The van der Waals surface area contributed by atoms with E-state index in [1.165, 1.54) is 44.3 Å². The highest BCUT2D eigenvalue weighted by Crippen LogP contribution is 2.53. The Hall–Kier alpha value is -2.18. The Kier molecular flexibility index (Phi) is 4.61. The molecule has 0 aliphatic carbocycles. The van der Waals surface area contributed by atoms with E-state index in [1.807, 2.05) is 0 Å². The summed E-state index contributed by atoms with van der Waals surface area (Å²) in [6.45, 7) is 17.1. The zero-order valence-corrected chi connectivity index (χ0v) is 20.7. The van der Waals surface area contributed by atoms with Crippen LogP contribution in [-0.2, 0) is 0 Å². The fourth-order valence-electron chi connectivity index (χ4n) is 5.63. The quantitative estimate of drug-likeness (QED) is 0.399. The monoisotopic (exact) mass is 430 g/mol. The molecule has 0 spiro atoms. The van der Waals surface area contributed by atoms with Gasteiger partial charge in [-0.15, -0.1) is 0 Å². The number of likely N-dealkylation sites (N-methyl/N-ethyl adjacent to an activating group) is 1. The maximum Gasteiger partial charge on any atom is 0.211 e. The van der Waals surface area contributed by atoms with Crippen LogP contribution in [-0.4, -0.2) is 23.4 Å². The minimum atomic E-state index is -0.244. The van der Waals surface area contributed by atoms with Gasteiger partial charge in [0.15, 0.2) is 5.54 Å². The molecule has 1 unspecified atom stereocenters. The predicted molar refractivity (Wildman–Crippen MR) is 135 cm³/mol. The van der Waals surface area contributed by atoms with Gasteiger partial charge in [-0.3, -0.25) is 0 Å². The van der Waals surface area contributed by atoms with Gasteiger partial charge in [0.05, 0.1) is 6.07 Å². The van der Waals surface area contributed by atoms with Gasteiger partial charge in [-0.1, -0.05) is 40.8 Å². The number of allylic oxidation sites excluding steroid dienone is 2. The van der Waals surface area contributed by atoms with Gasteiger partial charge in [0, 0.05) is 35.3 Å². The molecule has 0 saturated carbocycles. The van der Waals surface area contributed by atoms with Gasteiger partial charge in [-0.2, -0.15) is 0 Å². The van der Waals surface area contributed by atoms with Crippen LogP contribution in [0.25, 0.3) is 17.7 Å². The van der Waals surface area contributed by atoms with Gasteiger partial charge in [0.2, 0.25) is 5.36 Å². The molecule has 1 atom stereocenters. The highest BCUT2D eigenvalue weighted by molar-refractivity contribution is 7.67. The van der Waals surface area contributed by atoms with Crippen LogP contribution >= 0.6 is 7.92 Å². The SMILES string of the molecule is CC[N+]1=c2cc3c(cc2C(C)=CC1(C)C)=Cc1cc2c(cc1O3)P(CC)C(C)(C)C=C2. The molecular formula is C28H33NOP+. The summed E-state index contributed by atoms with van der Waals surface area (Å²) < 4.78 is 9.05. The van der Waals surface area contributed by atoms with E-state index in [1.54, 1.807) is 0 Å². The first-order valence-electron chi connectivity index (χ1n) is 11.5. The van der Waals surface area contributed by atoms with Gasteiger partial charge < -0.3 is 4.74 Å². The van der Waals surface area contributed by atoms with Crippen molar-refractivity contribution in [1.82, 2.24) is 4.58 Å². The molecule has 0 fully saturated rings. The molecule has 160 valence electrons. The van der Waals surface area contributed by atoms with Crippen LogP contribution in [0.4, 0.5) is 0 Å². The number of hydrogen-bond acceptors (Lipinski definition) is 1. The normalized spacial score (nSPS) is 21.7. The largest absolute Gasteiger partial charge is 0.456 e. The lowest BCUT2D eigenvalue weighted by atomic mass is 9.91. The van der Waals surface area contributed by atoms with E-state index in [2.05, 4.69) is 102 Å². The molecule has 3 aliphatic rings. The van der Waals surface area contributed by atoms with Crippen LogP contribution in [0.15, 0.2) is 36.4 Å². The first kappa shape index (κ1) is 20.7. The van der Waals surface area contributed by atoms with Crippen molar-refractivity contribution in [3.63, 3.8) is 0 Å². The number of hydrogen-bond donors (Lipinski definition) is 0. The van der Waals surface area contributed by atoms with Gasteiger partial charge >= 0.3 is 0 Å². The summed E-state index contributed by atoms with van der Waals surface area (Å²) >= 11 is 0. The Morgan fingerprint density at radius 2 is 1.74 bits per heavy atom. The number of benzene rings is 2. The maximum absolute atomic E-state index is 6.58. The van der Waals surface area contributed by atoms with E-state index < -0.39 is 0 Å². The summed E-state index contributed by atoms with van der Waals surface area (Å²) in [5.74, 6) is 1.98. The molecular weight excluding hydrogens is 397 g/mol. The van der Waals surface area contributed by atoms with E-state index >= 15 is 0 Å². The summed E-state index contributed by atoms with van der Waals surface area (Å²) in [5.41, 5.74) is 5.21. The molecule has 0 bridgehead atoms. The fraction of sp³-hybridized carbons (Fsp3) is 0.393. The standard InChI is InChI=1S/C28H33NOP/c1-8-29-23-15-24-21(14-22(23)18(3)17-27(29,4)5)13-20-12-19-10-11-28(6,7)31(9-2)26(19)16-25(20)30-24/h10-17H,8-9H2,1-7H3/q+1. The molecule has 3 aliphatic heterocycles. The van der Waals surface area contributed by atoms with Crippen molar-refractivity contribution in [1.29, 1.82) is 0 Å². The van der Waals surface area contributed by atoms with Crippen LogP contribution in [0.5, 0.6) is 11.5 Å². The Bertz CT molecular complexity index is 1290. The number of fused-ring (bicyclic) bond motifs is 4. The van der Waals surface area contributed by atoms with Crippen molar-refractivity contribution >= 4 is 31.0 Å². The Balaban J connectivity index is 1.72. The van der Waals surface area contributed by atoms with E-state index in [-0.39, 0.29) is 18.6 Å². The second-order valence-electron chi connectivity index (χ2n) is 10.1. The zero-order chi connectivity index (χ0) is 22.1. The molecule has 5 rings (SSSR count). The second-order valence-corrected chi connectivity index (χ2v) is 13.2. The second kappa shape index (κ2) is 6.91. The van der Waals surface area contributed by atoms with E-state index in [4.69, 9.17) is 4.74 Å². The van der Waals surface area contributed by atoms with Crippen molar-refractivity contribution in [2.45, 2.75) is 59.2 Å². The Labute approximate surface area is 187 Å². The van der Waals surface area contributed by atoms with Crippen LogP contribution in [0.1, 0.15) is 65.2 Å². The van der Waals surface area contributed by atoms with Gasteiger partial charge in [-0.25, -0.2) is 4.58 Å². The third-order valence-corrected chi connectivity index (χ3v) is 10.2.